The molecule has 1 heterocycles. The summed E-state index contributed by atoms with van der Waals surface area (Å²) in [7, 11) is 0. The van der Waals surface area contributed by atoms with Crippen molar-refractivity contribution in [2.75, 3.05) is 13.1 Å². The fraction of sp³-hybridized carbons (Fsp3) is 0.769. The van der Waals surface area contributed by atoms with E-state index >= 15 is 0 Å². The molecule has 3 heteroatoms. The van der Waals surface area contributed by atoms with E-state index in [9.17, 15) is 0 Å². The molecule has 1 aliphatic rings. The van der Waals surface area contributed by atoms with E-state index in [2.05, 4.69) is 37.3 Å². The molecule has 90 valence electrons. The number of aromatic nitrogens is 1. The highest BCUT2D eigenvalue weighted by Crippen LogP contribution is 2.47. The van der Waals surface area contributed by atoms with Crippen LogP contribution in [0.4, 0.5) is 0 Å². The fourth-order valence-electron chi connectivity index (χ4n) is 2.43. The Balaban J connectivity index is 2.01. The molecule has 2 rings (SSSR count). The summed E-state index contributed by atoms with van der Waals surface area (Å²) in [6.07, 6.45) is 6.09. The summed E-state index contributed by atoms with van der Waals surface area (Å²) in [6.45, 7) is 8.93. The van der Waals surface area contributed by atoms with Gasteiger partial charge < -0.3 is 5.32 Å². The van der Waals surface area contributed by atoms with Gasteiger partial charge in [0.1, 0.15) is 0 Å². The molecule has 0 spiro atoms. The van der Waals surface area contributed by atoms with Crippen LogP contribution in [0.2, 0.25) is 0 Å². The molecule has 0 amide bonds. The van der Waals surface area contributed by atoms with Crippen LogP contribution in [0, 0.1) is 18.3 Å². The fourth-order valence-corrected chi connectivity index (χ4v) is 3.42. The Morgan fingerprint density at radius 2 is 2.31 bits per heavy atom. The second-order valence-corrected chi connectivity index (χ2v) is 6.55. The van der Waals surface area contributed by atoms with Crippen LogP contribution in [-0.4, -0.2) is 18.1 Å². The molecule has 1 aromatic rings. The molecule has 0 radical (unpaired) electrons. The van der Waals surface area contributed by atoms with E-state index in [4.69, 9.17) is 0 Å². The van der Waals surface area contributed by atoms with Crippen LogP contribution in [0.25, 0.3) is 0 Å². The third-order valence-corrected chi connectivity index (χ3v) is 4.50. The molecule has 1 atom stereocenters. The van der Waals surface area contributed by atoms with Gasteiger partial charge in [0, 0.05) is 17.6 Å². The minimum atomic E-state index is 0.439. The quantitative estimate of drug-likeness (QED) is 0.824. The first-order chi connectivity index (χ1) is 7.64. The lowest BCUT2D eigenvalue weighted by atomic mass is 9.81. The van der Waals surface area contributed by atoms with Crippen molar-refractivity contribution in [3.05, 3.63) is 16.1 Å². The highest BCUT2D eigenvalue weighted by molar-refractivity contribution is 7.11. The summed E-state index contributed by atoms with van der Waals surface area (Å²) < 4.78 is 0. The van der Waals surface area contributed by atoms with Crippen molar-refractivity contribution in [3.8, 4) is 0 Å². The molecule has 0 aromatic carbocycles. The number of nitrogens with one attached hydrogen (secondary N) is 1. The third-order valence-electron chi connectivity index (χ3n) is 3.59. The lowest BCUT2D eigenvalue weighted by molar-refractivity contribution is 0.259. The predicted octanol–water partition coefficient (Wildman–Crippen LogP) is 3.02. The normalized spacial score (nSPS) is 19.7. The lowest BCUT2D eigenvalue weighted by Gasteiger charge is -2.29. The van der Waals surface area contributed by atoms with E-state index in [1.165, 1.54) is 29.1 Å². The summed E-state index contributed by atoms with van der Waals surface area (Å²) in [5, 5.41) is 4.71. The van der Waals surface area contributed by atoms with E-state index in [1.54, 1.807) is 0 Å². The van der Waals surface area contributed by atoms with E-state index in [0.717, 1.165) is 19.0 Å². The number of aryl methyl sites for hydroxylation is 1. The van der Waals surface area contributed by atoms with Crippen molar-refractivity contribution in [1.29, 1.82) is 0 Å². The molecule has 1 N–H and O–H groups in total. The molecule has 0 saturated heterocycles. The zero-order valence-electron chi connectivity index (χ0n) is 10.5. The number of thiazole rings is 1. The van der Waals surface area contributed by atoms with Gasteiger partial charge in [0.05, 0.1) is 5.01 Å². The predicted molar refractivity (Wildman–Crippen MR) is 69.9 cm³/mol. The molecular weight excluding hydrogens is 216 g/mol. The number of rotatable bonds is 6. The highest BCUT2D eigenvalue weighted by atomic mass is 32.1. The van der Waals surface area contributed by atoms with Gasteiger partial charge in [0.25, 0.3) is 0 Å². The molecule has 16 heavy (non-hydrogen) atoms. The molecule has 1 aromatic heterocycles. The van der Waals surface area contributed by atoms with Gasteiger partial charge in [-0.15, -0.1) is 11.3 Å². The SMILES string of the molecule is CCNCC(C)(Cc1cnc(C)s1)C1CC1. The van der Waals surface area contributed by atoms with E-state index < -0.39 is 0 Å². The smallest absolute Gasteiger partial charge is 0.0896 e. The van der Waals surface area contributed by atoms with Gasteiger partial charge in [-0.3, -0.25) is 0 Å². The van der Waals surface area contributed by atoms with Crippen molar-refractivity contribution in [1.82, 2.24) is 10.3 Å². The van der Waals surface area contributed by atoms with Crippen LogP contribution in [0.1, 0.15) is 36.6 Å². The maximum atomic E-state index is 4.36. The van der Waals surface area contributed by atoms with Crippen molar-refractivity contribution >= 4 is 11.3 Å². The van der Waals surface area contributed by atoms with Crippen LogP contribution in [0.3, 0.4) is 0 Å². The standard InChI is InChI=1S/C13H22N2S/c1-4-14-9-13(3,11-5-6-11)7-12-8-15-10(2)16-12/h8,11,14H,4-7,9H2,1-3H3. The van der Waals surface area contributed by atoms with Crippen LogP contribution in [0.5, 0.6) is 0 Å². The van der Waals surface area contributed by atoms with Crippen molar-refractivity contribution in [3.63, 3.8) is 0 Å². The summed E-state index contributed by atoms with van der Waals surface area (Å²) in [5.41, 5.74) is 0.439. The Morgan fingerprint density at radius 3 is 2.81 bits per heavy atom. The summed E-state index contributed by atoms with van der Waals surface area (Å²) in [6, 6.07) is 0. The number of hydrogen-bond donors (Lipinski definition) is 1. The van der Waals surface area contributed by atoms with E-state index in [-0.39, 0.29) is 0 Å². The number of hydrogen-bond acceptors (Lipinski definition) is 3. The molecule has 1 saturated carbocycles. The second kappa shape index (κ2) is 4.84. The van der Waals surface area contributed by atoms with Crippen LogP contribution >= 0.6 is 11.3 Å². The van der Waals surface area contributed by atoms with Crippen LogP contribution in [-0.2, 0) is 6.42 Å². The molecule has 1 aliphatic carbocycles. The average molecular weight is 238 g/mol. The molecular formula is C13H22N2S. The Morgan fingerprint density at radius 1 is 1.56 bits per heavy atom. The summed E-state index contributed by atoms with van der Waals surface area (Å²) in [5.74, 6) is 0.925. The first-order valence-corrected chi connectivity index (χ1v) is 7.08. The summed E-state index contributed by atoms with van der Waals surface area (Å²) in [4.78, 5) is 5.81. The Hall–Kier alpha value is -0.410. The van der Waals surface area contributed by atoms with Crippen molar-refractivity contribution in [2.24, 2.45) is 11.3 Å². The Kier molecular flexibility index (Phi) is 3.65. The molecule has 1 unspecified atom stereocenters. The van der Waals surface area contributed by atoms with Gasteiger partial charge in [0.15, 0.2) is 0 Å². The highest BCUT2D eigenvalue weighted by Gasteiger charge is 2.41. The van der Waals surface area contributed by atoms with Crippen LogP contribution < -0.4 is 5.32 Å². The van der Waals surface area contributed by atoms with E-state index in [0.29, 0.717) is 5.41 Å². The molecule has 0 bridgehead atoms. The maximum Gasteiger partial charge on any atom is 0.0896 e. The zero-order chi connectivity index (χ0) is 11.6. The molecule has 2 nitrogen and oxygen atoms in total. The van der Waals surface area contributed by atoms with Gasteiger partial charge in [-0.2, -0.15) is 0 Å². The second-order valence-electron chi connectivity index (χ2n) is 5.23. The molecule has 0 aliphatic heterocycles. The topological polar surface area (TPSA) is 24.9 Å². The first-order valence-electron chi connectivity index (χ1n) is 6.26. The first kappa shape index (κ1) is 12.1. The van der Waals surface area contributed by atoms with Gasteiger partial charge in [-0.1, -0.05) is 13.8 Å². The zero-order valence-corrected chi connectivity index (χ0v) is 11.4. The van der Waals surface area contributed by atoms with Gasteiger partial charge in [-0.05, 0) is 44.1 Å². The molecule has 1 fully saturated rings. The van der Waals surface area contributed by atoms with Crippen LogP contribution in [0.15, 0.2) is 6.20 Å². The minimum Gasteiger partial charge on any atom is -0.316 e. The minimum absolute atomic E-state index is 0.439. The average Bonchev–Trinajstić information content (AvgIpc) is 3.02. The Labute approximate surface area is 102 Å². The Bertz CT molecular complexity index is 343. The number of nitrogens with zero attached hydrogens (tertiary/aromatic N) is 1. The summed E-state index contributed by atoms with van der Waals surface area (Å²) >= 11 is 1.85. The lowest BCUT2D eigenvalue weighted by Crippen LogP contribution is -2.35. The monoisotopic (exact) mass is 238 g/mol. The van der Waals surface area contributed by atoms with Gasteiger partial charge >= 0.3 is 0 Å². The third kappa shape index (κ3) is 2.83. The van der Waals surface area contributed by atoms with Gasteiger partial charge in [0.2, 0.25) is 0 Å². The largest absolute Gasteiger partial charge is 0.316 e. The van der Waals surface area contributed by atoms with Crippen molar-refractivity contribution < 1.29 is 0 Å². The van der Waals surface area contributed by atoms with E-state index in [1.807, 2.05) is 11.3 Å². The van der Waals surface area contributed by atoms with Gasteiger partial charge in [-0.25, -0.2) is 4.98 Å². The van der Waals surface area contributed by atoms with Crippen molar-refractivity contribution in [2.45, 2.75) is 40.0 Å². The maximum absolute atomic E-state index is 4.36.